The molecular weight excluding hydrogens is 314 g/mol. The number of nitrogen functional groups attached to an aromatic ring is 1. The topological polar surface area (TPSA) is 43.1 Å². The van der Waals surface area contributed by atoms with Crippen molar-refractivity contribution in [2.75, 3.05) is 5.73 Å². The highest BCUT2D eigenvalue weighted by Crippen LogP contribution is 2.34. The third-order valence-corrected chi connectivity index (χ3v) is 5.09. The lowest BCUT2D eigenvalue weighted by molar-refractivity contribution is 0.104. The molecule has 0 fully saturated rings. The fraction of sp³-hybridized carbons (Fsp3) is 0. The van der Waals surface area contributed by atoms with Gasteiger partial charge < -0.3 is 5.73 Å². The van der Waals surface area contributed by atoms with E-state index in [1.807, 2.05) is 78.9 Å². The Morgan fingerprint density at radius 2 is 1.50 bits per heavy atom. The van der Waals surface area contributed by atoms with Gasteiger partial charge in [0, 0.05) is 10.4 Å². The number of rotatable bonds is 3. The molecule has 116 valence electrons. The van der Waals surface area contributed by atoms with Gasteiger partial charge in [-0.2, -0.15) is 0 Å². The van der Waals surface area contributed by atoms with Gasteiger partial charge in [0.25, 0.3) is 0 Å². The first-order valence-corrected chi connectivity index (χ1v) is 8.52. The predicted octanol–water partition coefficient (Wildman–Crippen LogP) is 5.38. The highest BCUT2D eigenvalue weighted by atomic mass is 32.1. The monoisotopic (exact) mass is 329 g/mol. The number of hydrogen-bond acceptors (Lipinski definition) is 3. The minimum atomic E-state index is -0.0308. The molecule has 0 spiro atoms. The summed E-state index contributed by atoms with van der Waals surface area (Å²) >= 11 is 1.45. The second-order valence-corrected chi connectivity index (χ2v) is 6.73. The van der Waals surface area contributed by atoms with E-state index >= 15 is 0 Å². The molecule has 0 aliphatic carbocycles. The summed E-state index contributed by atoms with van der Waals surface area (Å²) in [6.45, 7) is 0. The van der Waals surface area contributed by atoms with E-state index in [1.54, 1.807) is 0 Å². The summed E-state index contributed by atoms with van der Waals surface area (Å²) in [4.78, 5) is 13.9. The van der Waals surface area contributed by atoms with E-state index in [0.29, 0.717) is 16.1 Å². The maximum absolute atomic E-state index is 12.9. The highest BCUT2D eigenvalue weighted by molar-refractivity contribution is 7.19. The zero-order chi connectivity index (χ0) is 16.5. The first-order chi connectivity index (χ1) is 11.7. The Hall–Kier alpha value is -2.91. The molecule has 3 aromatic carbocycles. The van der Waals surface area contributed by atoms with Gasteiger partial charge in [-0.05, 0) is 28.5 Å². The van der Waals surface area contributed by atoms with Crippen molar-refractivity contribution >= 4 is 32.9 Å². The van der Waals surface area contributed by atoms with Crippen molar-refractivity contribution in [3.8, 4) is 10.4 Å². The van der Waals surface area contributed by atoms with Gasteiger partial charge in [-0.1, -0.05) is 66.7 Å². The van der Waals surface area contributed by atoms with Crippen molar-refractivity contribution in [1.82, 2.24) is 0 Å². The fourth-order valence-electron chi connectivity index (χ4n) is 2.81. The first kappa shape index (κ1) is 14.7. The quantitative estimate of drug-likeness (QED) is 0.513. The number of nitrogens with two attached hydrogens (primary N) is 1. The van der Waals surface area contributed by atoms with Gasteiger partial charge in [-0.25, -0.2) is 0 Å². The van der Waals surface area contributed by atoms with Crippen LogP contribution in [-0.2, 0) is 0 Å². The molecule has 0 unspecified atom stereocenters. The summed E-state index contributed by atoms with van der Waals surface area (Å²) in [5.41, 5.74) is 8.45. The molecule has 0 aliphatic heterocycles. The average Bonchev–Trinajstić information content (AvgIpc) is 3.03. The highest BCUT2D eigenvalue weighted by Gasteiger charge is 2.17. The Kier molecular flexibility index (Phi) is 3.63. The van der Waals surface area contributed by atoms with Crippen LogP contribution in [0.4, 0.5) is 5.00 Å². The molecule has 0 aliphatic rings. The number of fused-ring (bicyclic) bond motifs is 1. The normalized spacial score (nSPS) is 10.8. The van der Waals surface area contributed by atoms with Crippen LogP contribution >= 0.6 is 11.3 Å². The van der Waals surface area contributed by atoms with Gasteiger partial charge >= 0.3 is 0 Å². The zero-order valence-electron chi connectivity index (χ0n) is 12.9. The smallest absolute Gasteiger partial charge is 0.196 e. The number of anilines is 1. The fourth-order valence-corrected chi connectivity index (χ4v) is 3.74. The number of hydrogen-bond donors (Lipinski definition) is 1. The Morgan fingerprint density at radius 1 is 0.792 bits per heavy atom. The molecule has 0 amide bonds. The molecule has 0 bridgehead atoms. The van der Waals surface area contributed by atoms with Crippen molar-refractivity contribution in [2.45, 2.75) is 0 Å². The van der Waals surface area contributed by atoms with Crippen molar-refractivity contribution < 1.29 is 4.79 Å². The SMILES string of the molecule is Nc1sc(-c2ccccc2)cc1C(=O)c1ccc2ccccc2c1. The third kappa shape index (κ3) is 2.59. The molecule has 1 aromatic heterocycles. The molecular formula is C21H15NOS. The summed E-state index contributed by atoms with van der Waals surface area (Å²) in [6.07, 6.45) is 0. The molecule has 0 saturated carbocycles. The van der Waals surface area contributed by atoms with E-state index in [2.05, 4.69) is 0 Å². The average molecular weight is 329 g/mol. The molecule has 0 atom stereocenters. The molecule has 2 N–H and O–H groups in total. The predicted molar refractivity (Wildman–Crippen MR) is 102 cm³/mol. The minimum absolute atomic E-state index is 0.0308. The Balaban J connectivity index is 1.75. The minimum Gasteiger partial charge on any atom is -0.390 e. The van der Waals surface area contributed by atoms with Gasteiger partial charge in [0.05, 0.1) is 10.6 Å². The lowest BCUT2D eigenvalue weighted by atomic mass is 10.0. The summed E-state index contributed by atoms with van der Waals surface area (Å²) in [5, 5.41) is 2.74. The Labute approximate surface area is 144 Å². The first-order valence-electron chi connectivity index (χ1n) is 7.70. The number of thiophene rings is 1. The number of carbonyl (C=O) groups excluding carboxylic acids is 1. The standard InChI is InChI=1S/C21H15NOS/c22-21-18(13-19(24-21)15-7-2-1-3-8-15)20(23)17-11-10-14-6-4-5-9-16(14)12-17/h1-13H,22H2. The molecule has 3 heteroatoms. The van der Waals surface area contributed by atoms with E-state index in [1.165, 1.54) is 11.3 Å². The molecule has 2 nitrogen and oxygen atoms in total. The lowest BCUT2D eigenvalue weighted by Gasteiger charge is -2.03. The van der Waals surface area contributed by atoms with E-state index in [-0.39, 0.29) is 5.78 Å². The summed E-state index contributed by atoms with van der Waals surface area (Å²) in [5.74, 6) is -0.0308. The van der Waals surface area contributed by atoms with Crippen LogP contribution in [0.25, 0.3) is 21.2 Å². The molecule has 0 radical (unpaired) electrons. The van der Waals surface area contributed by atoms with Gasteiger partial charge in [-0.3, -0.25) is 4.79 Å². The van der Waals surface area contributed by atoms with E-state index in [4.69, 9.17) is 5.73 Å². The second kappa shape index (κ2) is 5.95. The summed E-state index contributed by atoms with van der Waals surface area (Å²) in [7, 11) is 0. The maximum atomic E-state index is 12.9. The van der Waals surface area contributed by atoms with Crippen molar-refractivity contribution in [3.05, 3.63) is 90.0 Å². The van der Waals surface area contributed by atoms with Crippen LogP contribution in [0.2, 0.25) is 0 Å². The van der Waals surface area contributed by atoms with Crippen LogP contribution in [0.3, 0.4) is 0 Å². The van der Waals surface area contributed by atoms with Crippen LogP contribution < -0.4 is 5.73 Å². The molecule has 4 rings (SSSR count). The molecule has 24 heavy (non-hydrogen) atoms. The second-order valence-electron chi connectivity index (χ2n) is 5.65. The summed E-state index contributed by atoms with van der Waals surface area (Å²) in [6, 6.07) is 25.7. The van der Waals surface area contributed by atoms with E-state index < -0.39 is 0 Å². The van der Waals surface area contributed by atoms with Crippen molar-refractivity contribution in [3.63, 3.8) is 0 Å². The zero-order valence-corrected chi connectivity index (χ0v) is 13.7. The third-order valence-electron chi connectivity index (χ3n) is 4.08. The van der Waals surface area contributed by atoms with Crippen LogP contribution in [0.15, 0.2) is 78.9 Å². The largest absolute Gasteiger partial charge is 0.390 e. The van der Waals surface area contributed by atoms with Crippen molar-refractivity contribution in [2.24, 2.45) is 0 Å². The molecule has 0 saturated heterocycles. The van der Waals surface area contributed by atoms with Crippen LogP contribution in [0.1, 0.15) is 15.9 Å². The van der Waals surface area contributed by atoms with Gasteiger partial charge in [0.15, 0.2) is 5.78 Å². The Bertz CT molecular complexity index is 1030. The summed E-state index contributed by atoms with van der Waals surface area (Å²) < 4.78 is 0. The Morgan fingerprint density at radius 3 is 2.29 bits per heavy atom. The van der Waals surface area contributed by atoms with Crippen LogP contribution in [-0.4, -0.2) is 5.78 Å². The lowest BCUT2D eigenvalue weighted by Crippen LogP contribution is -2.02. The van der Waals surface area contributed by atoms with Crippen LogP contribution in [0.5, 0.6) is 0 Å². The molecule has 4 aromatic rings. The van der Waals surface area contributed by atoms with Gasteiger partial charge in [0.1, 0.15) is 0 Å². The van der Waals surface area contributed by atoms with Crippen LogP contribution in [0, 0.1) is 0 Å². The van der Waals surface area contributed by atoms with Crippen molar-refractivity contribution in [1.29, 1.82) is 0 Å². The van der Waals surface area contributed by atoms with E-state index in [9.17, 15) is 4.79 Å². The van der Waals surface area contributed by atoms with Gasteiger partial charge in [0.2, 0.25) is 0 Å². The number of benzene rings is 3. The molecule has 1 heterocycles. The maximum Gasteiger partial charge on any atom is 0.196 e. The van der Waals surface area contributed by atoms with E-state index in [0.717, 1.165) is 21.2 Å². The number of carbonyl (C=O) groups is 1. The van der Waals surface area contributed by atoms with Gasteiger partial charge in [-0.15, -0.1) is 11.3 Å². The number of ketones is 1.